The van der Waals surface area contributed by atoms with E-state index in [9.17, 15) is 13.9 Å². The quantitative estimate of drug-likeness (QED) is 0.204. The molecule has 1 aromatic carbocycles. The number of halogens is 3. The fraction of sp³-hybridized carbons (Fsp3) is 0.514. The van der Waals surface area contributed by atoms with Crippen LogP contribution in [-0.4, -0.2) is 65.9 Å². The monoisotopic (exact) mass is 635 g/mol. The van der Waals surface area contributed by atoms with Gasteiger partial charge in [0.05, 0.1) is 17.2 Å². The maximum Gasteiger partial charge on any atom is 0.316 e. The SMILES string of the molecule is C#CC1=C2C=CC(O)(c3ccc4cnc(OCC5(C)CN(C)CCC5OC)nc4c3)C(C(CC)CCCCC)=C2C(F)=CC1(F)F. The topological polar surface area (TPSA) is 67.7 Å². The van der Waals surface area contributed by atoms with E-state index < -0.39 is 22.9 Å². The number of piperidine rings is 1. The summed E-state index contributed by atoms with van der Waals surface area (Å²) in [5, 5.41) is 13.3. The Labute approximate surface area is 270 Å². The lowest BCUT2D eigenvalue weighted by Crippen LogP contribution is -2.52. The third-order valence-electron chi connectivity index (χ3n) is 9.79. The molecule has 6 nitrogen and oxygen atoms in total. The van der Waals surface area contributed by atoms with Gasteiger partial charge in [0.1, 0.15) is 18.0 Å². The van der Waals surface area contributed by atoms with E-state index in [1.807, 2.05) is 6.92 Å². The van der Waals surface area contributed by atoms with Crippen molar-refractivity contribution in [2.75, 3.05) is 33.9 Å². The minimum absolute atomic E-state index is 0.0292. The van der Waals surface area contributed by atoms with Gasteiger partial charge in [0.25, 0.3) is 0 Å². The van der Waals surface area contributed by atoms with Gasteiger partial charge in [-0.15, -0.1) is 6.42 Å². The van der Waals surface area contributed by atoms with E-state index in [-0.39, 0.29) is 40.7 Å². The Morgan fingerprint density at radius 2 is 2.02 bits per heavy atom. The van der Waals surface area contributed by atoms with Crippen molar-refractivity contribution in [2.45, 2.75) is 76.9 Å². The average molecular weight is 636 g/mol. The molecule has 1 saturated heterocycles. The normalized spacial score (nSPS) is 27.0. The second kappa shape index (κ2) is 13.3. The number of aromatic nitrogens is 2. The lowest BCUT2D eigenvalue weighted by atomic mass is 9.68. The summed E-state index contributed by atoms with van der Waals surface area (Å²) in [5.74, 6) is -2.91. The molecule has 0 amide bonds. The maximum absolute atomic E-state index is 15.8. The number of rotatable bonds is 11. The van der Waals surface area contributed by atoms with E-state index in [4.69, 9.17) is 15.9 Å². The largest absolute Gasteiger partial charge is 0.463 e. The van der Waals surface area contributed by atoms with Crippen LogP contribution in [0.15, 0.2) is 70.7 Å². The first kappa shape index (κ1) is 33.9. The average Bonchev–Trinajstić information content (AvgIpc) is 3.02. The molecule has 46 heavy (non-hydrogen) atoms. The van der Waals surface area contributed by atoms with Gasteiger partial charge in [-0.05, 0) is 55.5 Å². The minimum Gasteiger partial charge on any atom is -0.463 e. The molecule has 9 heteroatoms. The Bertz CT molecular complexity index is 1640. The van der Waals surface area contributed by atoms with Crippen molar-refractivity contribution < 1.29 is 27.8 Å². The molecule has 1 aromatic heterocycles. The highest BCUT2D eigenvalue weighted by Gasteiger charge is 2.47. The minimum atomic E-state index is -3.63. The van der Waals surface area contributed by atoms with Crippen molar-refractivity contribution in [3.05, 3.63) is 76.3 Å². The van der Waals surface area contributed by atoms with Gasteiger partial charge in [0.15, 0.2) is 0 Å². The van der Waals surface area contributed by atoms with E-state index in [2.05, 4.69) is 41.7 Å². The van der Waals surface area contributed by atoms with Crippen LogP contribution in [-0.2, 0) is 10.3 Å². The second-order valence-electron chi connectivity index (χ2n) is 13.2. The smallest absolute Gasteiger partial charge is 0.316 e. The molecule has 0 saturated carbocycles. The van der Waals surface area contributed by atoms with Gasteiger partial charge < -0.3 is 19.5 Å². The molecular formula is C37H44F3N3O3. The first-order chi connectivity index (χ1) is 21.9. The summed E-state index contributed by atoms with van der Waals surface area (Å²) < 4.78 is 57.5. The molecule has 1 N–H and O–H groups in total. The number of aliphatic hydroxyl groups is 1. The molecule has 2 aliphatic carbocycles. The van der Waals surface area contributed by atoms with Crippen LogP contribution in [0.1, 0.15) is 64.9 Å². The lowest BCUT2D eigenvalue weighted by molar-refractivity contribution is -0.0754. The highest BCUT2D eigenvalue weighted by molar-refractivity contribution is 5.80. The van der Waals surface area contributed by atoms with Crippen LogP contribution in [0.3, 0.4) is 0 Å². The Morgan fingerprint density at radius 3 is 2.72 bits per heavy atom. The fourth-order valence-corrected chi connectivity index (χ4v) is 7.36. The number of ether oxygens (including phenoxy) is 2. The van der Waals surface area contributed by atoms with Crippen LogP contribution in [0.2, 0.25) is 0 Å². The third kappa shape index (κ3) is 6.27. The molecule has 4 unspecified atom stereocenters. The van der Waals surface area contributed by atoms with E-state index >= 15 is 4.39 Å². The first-order valence-corrected chi connectivity index (χ1v) is 16.2. The van der Waals surface area contributed by atoms with E-state index in [0.717, 1.165) is 44.2 Å². The molecule has 2 aromatic rings. The summed E-state index contributed by atoms with van der Waals surface area (Å²) in [6.45, 7) is 8.27. The van der Waals surface area contributed by atoms with Gasteiger partial charge in [-0.25, -0.2) is 9.37 Å². The van der Waals surface area contributed by atoms with Crippen molar-refractivity contribution >= 4 is 10.9 Å². The molecular weight excluding hydrogens is 591 g/mol. The van der Waals surface area contributed by atoms with Gasteiger partial charge in [-0.1, -0.05) is 64.2 Å². The van der Waals surface area contributed by atoms with Crippen LogP contribution in [0.25, 0.3) is 10.9 Å². The number of nitrogens with zero attached hydrogens (tertiary/aromatic N) is 3. The van der Waals surface area contributed by atoms with Crippen molar-refractivity contribution in [3.8, 4) is 18.4 Å². The molecule has 1 aliphatic heterocycles. The molecule has 0 radical (unpaired) electrons. The number of benzene rings is 1. The molecule has 3 aliphatic rings. The summed E-state index contributed by atoms with van der Waals surface area (Å²) in [7, 11) is 3.79. The molecule has 0 bridgehead atoms. The van der Waals surface area contributed by atoms with Crippen LogP contribution in [0.4, 0.5) is 13.2 Å². The Balaban J connectivity index is 1.57. The number of alkyl halides is 2. The van der Waals surface area contributed by atoms with Crippen LogP contribution in [0.5, 0.6) is 6.01 Å². The van der Waals surface area contributed by atoms with Crippen molar-refractivity contribution in [2.24, 2.45) is 11.3 Å². The van der Waals surface area contributed by atoms with Crippen molar-refractivity contribution in [1.82, 2.24) is 14.9 Å². The van der Waals surface area contributed by atoms with Crippen molar-refractivity contribution in [3.63, 3.8) is 0 Å². The molecule has 2 heterocycles. The second-order valence-corrected chi connectivity index (χ2v) is 13.2. The van der Waals surface area contributed by atoms with E-state index in [1.54, 1.807) is 31.5 Å². The lowest BCUT2D eigenvalue weighted by Gasteiger charge is -2.43. The van der Waals surface area contributed by atoms with Gasteiger partial charge in [0, 0.05) is 54.4 Å². The van der Waals surface area contributed by atoms with E-state index in [1.165, 1.54) is 12.2 Å². The van der Waals surface area contributed by atoms with E-state index in [0.29, 0.717) is 36.1 Å². The third-order valence-corrected chi connectivity index (χ3v) is 9.79. The molecule has 5 rings (SSSR count). The summed E-state index contributed by atoms with van der Waals surface area (Å²) in [6, 6.07) is 5.46. The summed E-state index contributed by atoms with van der Waals surface area (Å²) >= 11 is 0. The van der Waals surface area contributed by atoms with Gasteiger partial charge in [-0.3, -0.25) is 0 Å². The number of unbranched alkanes of at least 4 members (excludes halogenated alkanes) is 2. The summed E-state index contributed by atoms with van der Waals surface area (Å²) in [4.78, 5) is 11.3. The zero-order valence-corrected chi connectivity index (χ0v) is 27.4. The number of fused-ring (bicyclic) bond motifs is 2. The van der Waals surface area contributed by atoms with Gasteiger partial charge in [-0.2, -0.15) is 13.8 Å². The van der Waals surface area contributed by atoms with Gasteiger partial charge in [0.2, 0.25) is 0 Å². The highest BCUT2D eigenvalue weighted by atomic mass is 19.3. The number of likely N-dealkylation sites (tertiary alicyclic amines) is 1. The van der Waals surface area contributed by atoms with Gasteiger partial charge >= 0.3 is 11.9 Å². The Morgan fingerprint density at radius 1 is 1.24 bits per heavy atom. The zero-order chi connectivity index (χ0) is 33.3. The number of terminal acetylenes is 1. The predicted octanol–water partition coefficient (Wildman–Crippen LogP) is 7.46. The predicted molar refractivity (Wildman–Crippen MR) is 174 cm³/mol. The number of hydrogen-bond donors (Lipinski definition) is 1. The van der Waals surface area contributed by atoms with Crippen LogP contribution < -0.4 is 4.74 Å². The van der Waals surface area contributed by atoms with Crippen LogP contribution in [0, 0.1) is 23.7 Å². The van der Waals surface area contributed by atoms with Crippen LogP contribution >= 0.6 is 0 Å². The number of methoxy groups -OCH3 is 1. The molecule has 246 valence electrons. The Hall–Kier alpha value is -3.45. The fourth-order valence-electron chi connectivity index (χ4n) is 7.36. The molecule has 1 fully saturated rings. The number of hydrogen-bond acceptors (Lipinski definition) is 6. The summed E-state index contributed by atoms with van der Waals surface area (Å²) in [5.41, 5.74) is -1.48. The first-order valence-electron chi connectivity index (χ1n) is 16.2. The standard InChI is InChI=1S/C37H44F3N3O3/c1-7-10-11-12-24(8-2)33-32-27(28(9-3)37(39,40)20-29(32)38)15-17-36(33,44)26-14-13-25-21-41-34(42-30(25)19-26)46-23-35(4)22-43(5)18-16-31(35)45-6/h3,13-15,17,19-21,24,31,44H,7-8,10-12,16,18,22-23H2,1-2,4-6H3. The zero-order valence-electron chi connectivity index (χ0n) is 27.4. The summed E-state index contributed by atoms with van der Waals surface area (Å²) in [6.07, 6.45) is 15.2. The Kier molecular flexibility index (Phi) is 9.84. The number of allylic oxidation sites excluding steroid dienone is 6. The highest BCUT2D eigenvalue weighted by Crippen LogP contribution is 2.52. The van der Waals surface area contributed by atoms with Crippen molar-refractivity contribution in [1.29, 1.82) is 0 Å². The molecule has 0 spiro atoms. The molecule has 4 atom stereocenters. The maximum atomic E-state index is 15.8.